The van der Waals surface area contributed by atoms with Crippen LogP contribution in [-0.2, 0) is 20.6 Å². The summed E-state index contributed by atoms with van der Waals surface area (Å²) in [5.41, 5.74) is 0.986. The number of amides is 3. The Bertz CT molecular complexity index is 988. The van der Waals surface area contributed by atoms with E-state index in [2.05, 4.69) is 24.5 Å². The predicted molar refractivity (Wildman–Crippen MR) is 150 cm³/mol. The van der Waals surface area contributed by atoms with Gasteiger partial charge in [0.2, 0.25) is 0 Å². The van der Waals surface area contributed by atoms with E-state index in [1.165, 1.54) is 0 Å². The summed E-state index contributed by atoms with van der Waals surface area (Å²) < 4.78 is 17.6. The van der Waals surface area contributed by atoms with E-state index >= 15 is 0 Å². The fraction of sp³-hybridized carbons (Fsp3) is 0.733. The number of aliphatic hydroxyl groups is 1. The minimum absolute atomic E-state index is 0.0580. The van der Waals surface area contributed by atoms with E-state index in [0.29, 0.717) is 45.3 Å². The third-order valence-electron chi connectivity index (χ3n) is 9.04. The van der Waals surface area contributed by atoms with Gasteiger partial charge in [-0.3, -0.25) is 0 Å². The van der Waals surface area contributed by atoms with Gasteiger partial charge in [0.1, 0.15) is 6.10 Å². The van der Waals surface area contributed by atoms with Crippen molar-refractivity contribution < 1.29 is 28.9 Å². The van der Waals surface area contributed by atoms with E-state index in [1.54, 1.807) is 4.90 Å². The fourth-order valence-corrected chi connectivity index (χ4v) is 6.89. The largest absolute Gasteiger partial charge is 0.445 e. The van der Waals surface area contributed by atoms with Crippen molar-refractivity contribution in [1.82, 2.24) is 20.4 Å². The lowest BCUT2D eigenvalue weighted by Gasteiger charge is -2.38. The number of hydrogen-bond acceptors (Lipinski definition) is 7. The molecule has 10 nitrogen and oxygen atoms in total. The Morgan fingerprint density at radius 2 is 1.82 bits per heavy atom. The quantitative estimate of drug-likeness (QED) is 0.404. The molecule has 222 valence electrons. The van der Waals surface area contributed by atoms with Crippen molar-refractivity contribution >= 4 is 12.1 Å². The molecule has 7 atom stereocenters. The van der Waals surface area contributed by atoms with Crippen LogP contribution in [0.15, 0.2) is 30.3 Å². The predicted octanol–water partition coefficient (Wildman–Crippen LogP) is 2.45. The molecule has 3 saturated heterocycles. The van der Waals surface area contributed by atoms with Gasteiger partial charge in [0.15, 0.2) is 6.29 Å². The Labute approximate surface area is 237 Å². The number of carbonyl (C=O) groups is 2. The van der Waals surface area contributed by atoms with Crippen molar-refractivity contribution in [3.63, 3.8) is 0 Å². The van der Waals surface area contributed by atoms with E-state index < -0.39 is 18.2 Å². The van der Waals surface area contributed by atoms with Crippen LogP contribution in [0.5, 0.6) is 0 Å². The Hall–Kier alpha value is -2.40. The summed E-state index contributed by atoms with van der Waals surface area (Å²) in [5.74, 6) is 0.825. The van der Waals surface area contributed by atoms with Crippen molar-refractivity contribution in [2.24, 2.45) is 23.7 Å². The Morgan fingerprint density at radius 1 is 1.10 bits per heavy atom. The summed E-state index contributed by atoms with van der Waals surface area (Å²) in [6.07, 6.45) is 1.22. The molecule has 4 fully saturated rings. The van der Waals surface area contributed by atoms with Gasteiger partial charge >= 0.3 is 12.1 Å². The fourth-order valence-electron chi connectivity index (χ4n) is 6.89. The highest BCUT2D eigenvalue weighted by molar-refractivity contribution is 5.74. The second kappa shape index (κ2) is 13.1. The highest BCUT2D eigenvalue weighted by atomic mass is 16.7. The average molecular weight is 559 g/mol. The molecule has 5 unspecified atom stereocenters. The molecule has 1 aromatic carbocycles. The summed E-state index contributed by atoms with van der Waals surface area (Å²) in [5, 5.41) is 17.8. The van der Waals surface area contributed by atoms with Gasteiger partial charge in [-0.15, -0.1) is 0 Å². The standard InChI is InChI=1S/C30H46N4O6/c1-19(2)15-34(30(37)33-11-9-22(31-3)10-12-33)16-26(35)25(13-20-7-5-4-6-8-20)32-29(36)40-27-21-14-23-24(27)18-39-28(23)38-17-21/h4-8,19,21-28,31,35H,9-18H2,1-3H3,(H,32,36)/t21?,23?,24?,25-,26+,27?,28?/m0/s1. The van der Waals surface area contributed by atoms with Crippen molar-refractivity contribution in [3.8, 4) is 0 Å². The number of ether oxygens (including phenoxy) is 3. The van der Waals surface area contributed by atoms with Crippen molar-refractivity contribution in [2.75, 3.05) is 46.4 Å². The second-order valence-corrected chi connectivity index (χ2v) is 12.4. The first-order chi connectivity index (χ1) is 19.3. The average Bonchev–Trinajstić information content (AvgIpc) is 3.49. The minimum Gasteiger partial charge on any atom is -0.445 e. The van der Waals surface area contributed by atoms with Crippen LogP contribution >= 0.6 is 0 Å². The molecule has 1 saturated carbocycles. The number of nitrogens with zero attached hydrogens (tertiary/aromatic N) is 2. The van der Waals surface area contributed by atoms with Crippen LogP contribution < -0.4 is 10.6 Å². The molecule has 0 spiro atoms. The SMILES string of the molecule is CNC1CCN(C(=O)N(CC(C)C)C[C@@H](O)[C@H](Cc2ccccc2)NC(=O)OC2C3COC4OCC2C4C3)CC1. The summed E-state index contributed by atoms with van der Waals surface area (Å²) in [6, 6.07) is 9.51. The molecule has 5 rings (SSSR count). The number of carbonyl (C=O) groups excluding carboxylic acids is 2. The van der Waals surface area contributed by atoms with Crippen LogP contribution in [0.3, 0.4) is 0 Å². The van der Waals surface area contributed by atoms with Gasteiger partial charge in [-0.1, -0.05) is 44.2 Å². The molecule has 40 heavy (non-hydrogen) atoms. The zero-order valence-electron chi connectivity index (χ0n) is 24.0. The number of urea groups is 1. The van der Waals surface area contributed by atoms with Crippen molar-refractivity contribution in [3.05, 3.63) is 35.9 Å². The van der Waals surface area contributed by atoms with Gasteiger partial charge in [-0.2, -0.15) is 0 Å². The highest BCUT2D eigenvalue weighted by Gasteiger charge is 2.56. The third kappa shape index (κ3) is 6.73. The molecule has 1 aliphatic carbocycles. The molecule has 3 aliphatic heterocycles. The lowest BCUT2D eigenvalue weighted by Crippen LogP contribution is -2.55. The normalized spacial score (nSPS) is 29.3. The number of benzene rings is 1. The maximum absolute atomic E-state index is 13.6. The van der Waals surface area contributed by atoms with Gasteiger partial charge in [0.25, 0.3) is 0 Å². The number of hydrogen-bond donors (Lipinski definition) is 3. The smallest absolute Gasteiger partial charge is 0.407 e. The maximum atomic E-state index is 13.6. The van der Waals surface area contributed by atoms with E-state index in [-0.39, 0.29) is 48.6 Å². The van der Waals surface area contributed by atoms with E-state index in [9.17, 15) is 14.7 Å². The van der Waals surface area contributed by atoms with E-state index in [4.69, 9.17) is 14.2 Å². The zero-order chi connectivity index (χ0) is 28.2. The molecule has 3 heterocycles. The molecule has 4 aliphatic rings. The van der Waals surface area contributed by atoms with Gasteiger partial charge in [-0.25, -0.2) is 9.59 Å². The Kier molecular flexibility index (Phi) is 9.50. The maximum Gasteiger partial charge on any atom is 0.407 e. The van der Waals surface area contributed by atoms with Crippen LogP contribution in [0, 0.1) is 23.7 Å². The lowest BCUT2D eigenvalue weighted by atomic mass is 9.98. The summed E-state index contributed by atoms with van der Waals surface area (Å²) in [4.78, 5) is 30.4. The number of piperidine rings is 1. The van der Waals surface area contributed by atoms with Crippen LogP contribution in [-0.4, -0.2) is 104 Å². The lowest BCUT2D eigenvalue weighted by molar-refractivity contribution is -0.169. The molecule has 1 aromatic rings. The van der Waals surface area contributed by atoms with Crippen LogP contribution in [0.25, 0.3) is 0 Å². The molecule has 3 N–H and O–H groups in total. The first kappa shape index (κ1) is 29.1. The van der Waals surface area contributed by atoms with Crippen LogP contribution in [0.2, 0.25) is 0 Å². The number of alkyl carbamates (subject to hydrolysis) is 1. The number of rotatable bonds is 10. The van der Waals surface area contributed by atoms with Crippen LogP contribution in [0.1, 0.15) is 38.7 Å². The first-order valence-electron chi connectivity index (χ1n) is 15.0. The molecular formula is C30H46N4O6. The molecule has 0 radical (unpaired) electrons. The molecular weight excluding hydrogens is 512 g/mol. The van der Waals surface area contributed by atoms with Crippen molar-refractivity contribution in [2.45, 2.75) is 70.1 Å². The topological polar surface area (TPSA) is 113 Å². The van der Waals surface area contributed by atoms with Gasteiger partial charge in [0.05, 0.1) is 31.9 Å². The van der Waals surface area contributed by atoms with Crippen LogP contribution in [0.4, 0.5) is 9.59 Å². The minimum atomic E-state index is -0.976. The number of nitrogens with one attached hydrogen (secondary N) is 2. The highest BCUT2D eigenvalue weighted by Crippen LogP contribution is 2.49. The number of fused-ring (bicyclic) bond motifs is 1. The van der Waals surface area contributed by atoms with Crippen molar-refractivity contribution in [1.29, 1.82) is 0 Å². The summed E-state index contributed by atoms with van der Waals surface area (Å²) in [7, 11) is 1.96. The summed E-state index contributed by atoms with van der Waals surface area (Å²) >= 11 is 0. The van der Waals surface area contributed by atoms with Gasteiger partial charge < -0.3 is 39.8 Å². The molecule has 3 amide bonds. The monoisotopic (exact) mass is 558 g/mol. The first-order valence-corrected chi connectivity index (χ1v) is 15.0. The van der Waals surface area contributed by atoms with E-state index in [0.717, 1.165) is 24.8 Å². The molecule has 0 aromatic heterocycles. The molecule has 10 heteroatoms. The summed E-state index contributed by atoms with van der Waals surface area (Å²) in [6.45, 7) is 7.23. The van der Waals surface area contributed by atoms with E-state index in [1.807, 2.05) is 42.3 Å². The number of likely N-dealkylation sites (tertiary alicyclic amines) is 1. The zero-order valence-corrected chi connectivity index (χ0v) is 24.0. The Morgan fingerprint density at radius 3 is 2.52 bits per heavy atom. The number of aliphatic hydroxyl groups excluding tert-OH is 1. The van der Waals surface area contributed by atoms with Gasteiger partial charge in [0, 0.05) is 43.4 Å². The third-order valence-corrected chi connectivity index (χ3v) is 9.04. The molecule has 2 bridgehead atoms. The Balaban J connectivity index is 1.25. The second-order valence-electron chi connectivity index (χ2n) is 12.4. The van der Waals surface area contributed by atoms with Gasteiger partial charge in [-0.05, 0) is 44.2 Å².